The molecule has 59 heavy (non-hydrogen) atoms. The minimum atomic E-state index is -8.85. The molecule has 0 rings (SSSR count). The Kier molecular flexibility index (Phi) is 15.7. The fraction of sp³-hybridized carbons (Fsp3) is 1.00. The number of alkyl halides is 34. The van der Waals surface area contributed by atoms with Crippen LogP contribution in [0.2, 0.25) is 0 Å². The van der Waals surface area contributed by atoms with Crippen LogP contribution in [0.4, 0.5) is 149 Å². The van der Waals surface area contributed by atoms with Gasteiger partial charge < -0.3 is 9.47 Å². The SMILES string of the molecule is FC(F)C(F)(F)C(F)(F)C(F)(F)C(F)(F)C(F)(F)C(F)(F)C(F)C(F)(F)OCCCCCOC(F)(F)C(F)C(F)(F)C(F)(F)C(F)(F)C(F)(F)C(F)(F)C(F)(F)C(F)F. The molecule has 0 heterocycles. The Bertz CT molecular complexity index is 1280. The van der Waals surface area contributed by atoms with Crippen LogP contribution in [0.5, 0.6) is 0 Å². The second-order valence-electron chi connectivity index (χ2n) is 11.3. The van der Waals surface area contributed by atoms with Gasteiger partial charge in [-0.05, 0) is 19.3 Å². The van der Waals surface area contributed by atoms with Gasteiger partial charge in [0, 0.05) is 0 Å². The molecule has 36 heteroatoms. The number of ether oxygens (including phenoxy) is 2. The molecule has 0 radical (unpaired) electrons. The highest BCUT2D eigenvalue weighted by Gasteiger charge is 2.94. The van der Waals surface area contributed by atoms with Crippen molar-refractivity contribution in [2.45, 2.75) is 128 Å². The molecule has 2 unspecified atom stereocenters. The highest BCUT2D eigenvalue weighted by molar-refractivity contribution is 5.15. The molecule has 0 aromatic rings. The zero-order valence-corrected chi connectivity index (χ0v) is 26.5. The summed E-state index contributed by atoms with van der Waals surface area (Å²) >= 11 is 0. The lowest BCUT2D eigenvalue weighted by Gasteiger charge is -2.42. The first-order valence-corrected chi connectivity index (χ1v) is 13.8. The summed E-state index contributed by atoms with van der Waals surface area (Å²) in [6.45, 7) is -4.43. The van der Waals surface area contributed by atoms with Crippen LogP contribution >= 0.6 is 0 Å². The van der Waals surface area contributed by atoms with Crippen LogP contribution in [-0.4, -0.2) is 122 Å². The van der Waals surface area contributed by atoms with Crippen LogP contribution in [0.3, 0.4) is 0 Å². The van der Waals surface area contributed by atoms with E-state index in [0.717, 1.165) is 0 Å². The van der Waals surface area contributed by atoms with Gasteiger partial charge in [0.05, 0.1) is 13.2 Å². The van der Waals surface area contributed by atoms with Crippen LogP contribution in [0.15, 0.2) is 0 Å². The van der Waals surface area contributed by atoms with Gasteiger partial charge in [-0.15, -0.1) is 0 Å². The third-order valence-corrected chi connectivity index (χ3v) is 7.19. The molecule has 0 saturated carbocycles. The summed E-state index contributed by atoms with van der Waals surface area (Å²) in [6.07, 6.45) is -43.0. The smallest absolute Gasteiger partial charge is 0.318 e. The summed E-state index contributed by atoms with van der Waals surface area (Å²) in [5.41, 5.74) is 0. The normalized spacial score (nSPS) is 17.3. The lowest BCUT2D eigenvalue weighted by atomic mass is 9.89. The number of hydrogen-bond acceptors (Lipinski definition) is 2. The minimum Gasteiger partial charge on any atom is -0.318 e. The highest BCUT2D eigenvalue weighted by Crippen LogP contribution is 2.64. The standard InChI is InChI=1S/C23H14F34O2/c24-6(10(30,31)16(42,43)20(50,51)22(54,55)18(46,47)12(34,35)8(26)27)14(38,39)58-4-2-1-3-5-59-15(40,41)7(25)11(32,33)17(44,45)21(52,53)23(56,57)19(48,49)13(36,37)9(28)29/h6-9H,1-5H2. The summed E-state index contributed by atoms with van der Waals surface area (Å²) in [5.74, 6) is -101. The Morgan fingerprint density at radius 1 is 0.254 bits per heavy atom. The van der Waals surface area contributed by atoms with E-state index >= 15 is 0 Å². The van der Waals surface area contributed by atoms with E-state index in [1.165, 1.54) is 0 Å². The molecule has 2 nitrogen and oxygen atoms in total. The molecule has 2 atom stereocenters. The lowest BCUT2D eigenvalue weighted by Crippen LogP contribution is -2.73. The van der Waals surface area contributed by atoms with Gasteiger partial charge in [0.25, 0.3) is 12.3 Å². The molecule has 0 saturated heterocycles. The van der Waals surface area contributed by atoms with Gasteiger partial charge >= 0.3 is 96.1 Å². The largest absolute Gasteiger partial charge is 0.393 e. The zero-order chi connectivity index (χ0) is 48.3. The third kappa shape index (κ3) is 8.67. The molecule has 0 aromatic heterocycles. The van der Waals surface area contributed by atoms with E-state index in [0.29, 0.717) is 0 Å². The van der Waals surface area contributed by atoms with Gasteiger partial charge in [0.15, 0.2) is 0 Å². The van der Waals surface area contributed by atoms with Crippen LogP contribution in [0, 0.1) is 0 Å². The molecule has 0 aliphatic heterocycles. The summed E-state index contributed by atoms with van der Waals surface area (Å²) in [5, 5.41) is 0. The topological polar surface area (TPSA) is 18.5 Å². The second-order valence-corrected chi connectivity index (χ2v) is 11.3. The number of halogens is 34. The summed E-state index contributed by atoms with van der Waals surface area (Å²) in [6, 6.07) is 0. The van der Waals surface area contributed by atoms with E-state index in [2.05, 4.69) is 9.47 Å². The van der Waals surface area contributed by atoms with Crippen molar-refractivity contribution in [3.8, 4) is 0 Å². The molecule has 356 valence electrons. The fourth-order valence-electron chi connectivity index (χ4n) is 3.58. The van der Waals surface area contributed by atoms with Crippen LogP contribution in [0.25, 0.3) is 0 Å². The van der Waals surface area contributed by atoms with E-state index in [4.69, 9.17) is 0 Å². The Morgan fingerprint density at radius 2 is 0.441 bits per heavy atom. The third-order valence-electron chi connectivity index (χ3n) is 7.19. The summed E-state index contributed by atoms with van der Waals surface area (Å²) < 4.78 is 458. The van der Waals surface area contributed by atoms with Gasteiger partial charge in [0.1, 0.15) is 0 Å². The maximum absolute atomic E-state index is 13.8. The van der Waals surface area contributed by atoms with Crippen molar-refractivity contribution in [2.24, 2.45) is 0 Å². The first-order valence-electron chi connectivity index (χ1n) is 13.8. The van der Waals surface area contributed by atoms with Gasteiger partial charge in [-0.25, -0.2) is 26.3 Å². The quantitative estimate of drug-likeness (QED) is 0.0709. The maximum atomic E-state index is 13.8. The van der Waals surface area contributed by atoms with Crippen molar-refractivity contribution in [1.82, 2.24) is 0 Å². The monoisotopic (exact) mass is 968 g/mol. The number of rotatable bonds is 24. The van der Waals surface area contributed by atoms with Gasteiger partial charge in [-0.1, -0.05) is 0 Å². The Morgan fingerprint density at radius 3 is 0.627 bits per heavy atom. The Balaban J connectivity index is 5.84. The van der Waals surface area contributed by atoms with E-state index < -0.39 is 141 Å². The fourth-order valence-corrected chi connectivity index (χ4v) is 3.58. The molecule has 0 fully saturated rings. The molecular formula is C23H14F34O2. The van der Waals surface area contributed by atoms with Crippen molar-refractivity contribution in [3.63, 3.8) is 0 Å². The molecule has 0 aliphatic rings. The van der Waals surface area contributed by atoms with Gasteiger partial charge in [-0.2, -0.15) is 123 Å². The second kappa shape index (κ2) is 16.3. The average molecular weight is 968 g/mol. The van der Waals surface area contributed by atoms with Crippen molar-refractivity contribution in [1.29, 1.82) is 0 Å². The number of unbranched alkanes of at least 4 members (excludes halogenated alkanes) is 2. The van der Waals surface area contributed by atoms with Gasteiger partial charge in [0.2, 0.25) is 0 Å². The van der Waals surface area contributed by atoms with E-state index in [-0.39, 0.29) is 0 Å². The Labute approximate surface area is 301 Å². The van der Waals surface area contributed by atoms with E-state index in [1.54, 1.807) is 0 Å². The molecular weight excluding hydrogens is 954 g/mol. The van der Waals surface area contributed by atoms with Crippen molar-refractivity contribution < 1.29 is 159 Å². The zero-order valence-electron chi connectivity index (χ0n) is 26.5. The first-order chi connectivity index (χ1) is 25.4. The molecule has 0 aliphatic carbocycles. The highest BCUT2D eigenvalue weighted by atomic mass is 19.4. The molecule has 0 bridgehead atoms. The van der Waals surface area contributed by atoms with E-state index in [1.807, 2.05) is 0 Å². The van der Waals surface area contributed by atoms with E-state index in [9.17, 15) is 149 Å². The molecule has 0 spiro atoms. The van der Waals surface area contributed by atoms with Crippen molar-refractivity contribution >= 4 is 0 Å². The average Bonchev–Trinajstić information content (AvgIpc) is 3.05. The van der Waals surface area contributed by atoms with Crippen molar-refractivity contribution in [2.75, 3.05) is 13.2 Å². The predicted octanol–water partition coefficient (Wildman–Crippen LogP) is 12.2. The van der Waals surface area contributed by atoms with Crippen LogP contribution in [-0.2, 0) is 9.47 Å². The molecule has 0 aromatic carbocycles. The first kappa shape index (κ1) is 56.5. The maximum Gasteiger partial charge on any atom is 0.393 e. The predicted molar refractivity (Wildman–Crippen MR) is 117 cm³/mol. The number of hydrogen-bond donors (Lipinski definition) is 0. The lowest BCUT2D eigenvalue weighted by molar-refractivity contribution is -0.445. The summed E-state index contributed by atoms with van der Waals surface area (Å²) in [4.78, 5) is 0. The summed E-state index contributed by atoms with van der Waals surface area (Å²) in [7, 11) is 0. The van der Waals surface area contributed by atoms with Gasteiger partial charge in [-0.3, -0.25) is 0 Å². The van der Waals surface area contributed by atoms with Crippen LogP contribution < -0.4 is 0 Å². The molecule has 0 amide bonds. The minimum absolute atomic E-state index is 1.34. The molecule has 0 N–H and O–H groups in total. The van der Waals surface area contributed by atoms with Crippen LogP contribution in [0.1, 0.15) is 19.3 Å². The Hall–Kier alpha value is -2.46. The van der Waals surface area contributed by atoms with Crippen molar-refractivity contribution in [3.05, 3.63) is 0 Å².